The van der Waals surface area contributed by atoms with Crippen molar-refractivity contribution in [3.63, 3.8) is 0 Å². The Morgan fingerprint density at radius 2 is 1.74 bits per heavy atom. The van der Waals surface area contributed by atoms with Crippen LogP contribution in [-0.4, -0.2) is 19.2 Å². The van der Waals surface area contributed by atoms with E-state index in [0.717, 1.165) is 28.2 Å². The molecule has 0 aliphatic heterocycles. The van der Waals surface area contributed by atoms with E-state index < -0.39 is 0 Å². The zero-order valence-corrected chi connectivity index (χ0v) is 10.7. The quantitative estimate of drug-likeness (QED) is 0.718. The number of nitrogens with zero attached hydrogens (tertiary/aromatic N) is 1. The summed E-state index contributed by atoms with van der Waals surface area (Å²) in [6.45, 7) is 0. The number of ether oxygens (including phenoxy) is 2. The molecule has 0 atom stereocenters. The first-order chi connectivity index (χ1) is 9.30. The van der Waals surface area contributed by atoms with E-state index in [0.29, 0.717) is 5.89 Å². The number of benzene rings is 2. The van der Waals surface area contributed by atoms with Gasteiger partial charge in [0.1, 0.15) is 17.0 Å². The summed E-state index contributed by atoms with van der Waals surface area (Å²) in [4.78, 5) is 4.46. The second-order valence-electron chi connectivity index (χ2n) is 4.08. The van der Waals surface area contributed by atoms with Crippen molar-refractivity contribution >= 4 is 11.1 Å². The van der Waals surface area contributed by atoms with E-state index in [1.54, 1.807) is 14.2 Å². The Balaban J connectivity index is 2.09. The van der Waals surface area contributed by atoms with Crippen LogP contribution in [0.3, 0.4) is 0 Å². The molecule has 3 rings (SSSR count). The van der Waals surface area contributed by atoms with Gasteiger partial charge in [0.15, 0.2) is 5.58 Å². The average molecular weight is 255 g/mol. The van der Waals surface area contributed by atoms with Crippen molar-refractivity contribution in [1.82, 2.24) is 4.98 Å². The fourth-order valence-electron chi connectivity index (χ4n) is 1.91. The summed E-state index contributed by atoms with van der Waals surface area (Å²) < 4.78 is 16.1. The highest BCUT2D eigenvalue weighted by Gasteiger charge is 2.09. The van der Waals surface area contributed by atoms with Gasteiger partial charge in [-0.3, -0.25) is 0 Å². The molecule has 0 radical (unpaired) electrons. The Bertz CT molecular complexity index is 718. The lowest BCUT2D eigenvalue weighted by Gasteiger charge is -2.00. The molecule has 0 aliphatic rings. The van der Waals surface area contributed by atoms with Crippen LogP contribution in [0.25, 0.3) is 22.6 Å². The van der Waals surface area contributed by atoms with Gasteiger partial charge in [-0.2, -0.15) is 0 Å². The Hall–Kier alpha value is -2.49. The van der Waals surface area contributed by atoms with Crippen LogP contribution in [0.2, 0.25) is 0 Å². The molecule has 96 valence electrons. The van der Waals surface area contributed by atoms with Gasteiger partial charge in [-0.05, 0) is 30.3 Å². The molecule has 1 aromatic heterocycles. The van der Waals surface area contributed by atoms with Gasteiger partial charge in [-0.25, -0.2) is 4.98 Å². The van der Waals surface area contributed by atoms with Gasteiger partial charge in [0.25, 0.3) is 0 Å². The molecule has 1 heterocycles. The van der Waals surface area contributed by atoms with E-state index in [9.17, 15) is 0 Å². The van der Waals surface area contributed by atoms with Crippen LogP contribution in [0.1, 0.15) is 0 Å². The Labute approximate surface area is 110 Å². The highest BCUT2D eigenvalue weighted by molar-refractivity contribution is 5.77. The average Bonchev–Trinajstić information content (AvgIpc) is 2.90. The fourth-order valence-corrected chi connectivity index (χ4v) is 1.91. The van der Waals surface area contributed by atoms with E-state index in [1.165, 1.54) is 0 Å². The van der Waals surface area contributed by atoms with E-state index in [2.05, 4.69) is 4.98 Å². The molecule has 0 aliphatic carbocycles. The van der Waals surface area contributed by atoms with Gasteiger partial charge in [-0.15, -0.1) is 0 Å². The summed E-state index contributed by atoms with van der Waals surface area (Å²) in [7, 11) is 3.26. The normalized spacial score (nSPS) is 10.6. The number of hydrogen-bond donors (Lipinski definition) is 0. The molecule has 4 heteroatoms. The second kappa shape index (κ2) is 4.65. The summed E-state index contributed by atoms with van der Waals surface area (Å²) in [5.41, 5.74) is 2.39. The third-order valence-corrected chi connectivity index (χ3v) is 2.91. The van der Waals surface area contributed by atoms with Crippen molar-refractivity contribution in [3.05, 3.63) is 42.5 Å². The van der Waals surface area contributed by atoms with E-state index in [4.69, 9.17) is 13.9 Å². The van der Waals surface area contributed by atoms with E-state index >= 15 is 0 Å². The number of hydrogen-bond acceptors (Lipinski definition) is 4. The first-order valence-corrected chi connectivity index (χ1v) is 5.89. The lowest BCUT2D eigenvalue weighted by molar-refractivity contribution is 0.415. The summed E-state index contributed by atoms with van der Waals surface area (Å²) >= 11 is 0. The summed E-state index contributed by atoms with van der Waals surface area (Å²) in [5.74, 6) is 2.11. The zero-order valence-electron chi connectivity index (χ0n) is 10.7. The molecule has 19 heavy (non-hydrogen) atoms. The zero-order chi connectivity index (χ0) is 13.2. The predicted octanol–water partition coefficient (Wildman–Crippen LogP) is 3.51. The molecule has 0 saturated carbocycles. The number of rotatable bonds is 3. The van der Waals surface area contributed by atoms with Gasteiger partial charge < -0.3 is 13.9 Å². The third kappa shape index (κ3) is 2.12. The van der Waals surface area contributed by atoms with E-state index in [-0.39, 0.29) is 0 Å². The molecule has 4 nitrogen and oxygen atoms in total. The highest BCUT2D eigenvalue weighted by atomic mass is 16.5. The van der Waals surface area contributed by atoms with Crippen LogP contribution in [0, 0.1) is 0 Å². The molecule has 2 aromatic carbocycles. The molecule has 0 N–H and O–H groups in total. The third-order valence-electron chi connectivity index (χ3n) is 2.91. The van der Waals surface area contributed by atoms with Gasteiger partial charge >= 0.3 is 0 Å². The van der Waals surface area contributed by atoms with E-state index in [1.807, 2.05) is 42.5 Å². The standard InChI is InChI=1S/C15H13NO3/c1-17-11-5-3-4-10(8-11)15-16-13-9-12(18-2)6-7-14(13)19-15/h3-9H,1-2H3. The molecule has 0 amide bonds. The van der Waals surface area contributed by atoms with Gasteiger partial charge in [0, 0.05) is 11.6 Å². The Morgan fingerprint density at radius 1 is 0.947 bits per heavy atom. The molecule has 3 aromatic rings. The predicted molar refractivity (Wildman–Crippen MR) is 72.5 cm³/mol. The largest absolute Gasteiger partial charge is 0.497 e. The van der Waals surface area contributed by atoms with Crippen molar-refractivity contribution < 1.29 is 13.9 Å². The summed E-state index contributed by atoms with van der Waals surface area (Å²) in [6, 6.07) is 13.2. The first kappa shape index (κ1) is 11.6. The molecule has 0 fully saturated rings. The number of aromatic nitrogens is 1. The maximum absolute atomic E-state index is 5.73. The molecular weight excluding hydrogens is 242 g/mol. The smallest absolute Gasteiger partial charge is 0.227 e. The molecule has 0 bridgehead atoms. The number of oxazole rings is 1. The molecule has 0 spiro atoms. The summed E-state index contributed by atoms with van der Waals surface area (Å²) in [6.07, 6.45) is 0. The Kier molecular flexibility index (Phi) is 2.83. The Morgan fingerprint density at radius 3 is 2.53 bits per heavy atom. The van der Waals surface area contributed by atoms with Gasteiger partial charge in [-0.1, -0.05) is 6.07 Å². The number of fused-ring (bicyclic) bond motifs is 1. The van der Waals surface area contributed by atoms with Crippen LogP contribution < -0.4 is 9.47 Å². The minimum Gasteiger partial charge on any atom is -0.497 e. The fraction of sp³-hybridized carbons (Fsp3) is 0.133. The van der Waals surface area contributed by atoms with Gasteiger partial charge in [0.2, 0.25) is 5.89 Å². The van der Waals surface area contributed by atoms with Crippen molar-refractivity contribution in [2.45, 2.75) is 0 Å². The van der Waals surface area contributed by atoms with Crippen LogP contribution in [0.4, 0.5) is 0 Å². The molecule has 0 saturated heterocycles. The van der Waals surface area contributed by atoms with Crippen LogP contribution in [-0.2, 0) is 0 Å². The van der Waals surface area contributed by atoms with Crippen LogP contribution in [0.15, 0.2) is 46.9 Å². The lowest BCUT2D eigenvalue weighted by Crippen LogP contribution is -1.83. The highest BCUT2D eigenvalue weighted by Crippen LogP contribution is 2.28. The maximum atomic E-state index is 5.73. The minimum atomic E-state index is 0.571. The van der Waals surface area contributed by atoms with Crippen molar-refractivity contribution in [1.29, 1.82) is 0 Å². The monoisotopic (exact) mass is 255 g/mol. The second-order valence-corrected chi connectivity index (χ2v) is 4.08. The number of methoxy groups -OCH3 is 2. The maximum Gasteiger partial charge on any atom is 0.227 e. The minimum absolute atomic E-state index is 0.571. The summed E-state index contributed by atoms with van der Waals surface area (Å²) in [5, 5.41) is 0. The van der Waals surface area contributed by atoms with Crippen molar-refractivity contribution in [2.75, 3.05) is 14.2 Å². The molecule has 0 unspecified atom stereocenters. The van der Waals surface area contributed by atoms with Gasteiger partial charge in [0.05, 0.1) is 14.2 Å². The first-order valence-electron chi connectivity index (χ1n) is 5.89. The molecular formula is C15H13NO3. The van der Waals surface area contributed by atoms with Crippen molar-refractivity contribution in [2.24, 2.45) is 0 Å². The lowest BCUT2D eigenvalue weighted by atomic mass is 10.2. The van der Waals surface area contributed by atoms with Crippen LogP contribution >= 0.6 is 0 Å². The van der Waals surface area contributed by atoms with Crippen molar-refractivity contribution in [3.8, 4) is 23.0 Å². The topological polar surface area (TPSA) is 44.5 Å². The SMILES string of the molecule is COc1cccc(-c2nc3cc(OC)ccc3o2)c1. The van der Waals surface area contributed by atoms with Crippen LogP contribution in [0.5, 0.6) is 11.5 Å².